The number of nitrogens with zero attached hydrogens (tertiary/aromatic N) is 1. The van der Waals surface area contributed by atoms with Crippen molar-refractivity contribution < 1.29 is 14.3 Å². The predicted octanol–water partition coefficient (Wildman–Crippen LogP) is 3.31. The third-order valence-electron chi connectivity index (χ3n) is 4.49. The largest absolute Gasteiger partial charge is 0.486 e. The second-order valence-electron chi connectivity index (χ2n) is 6.01. The Balaban J connectivity index is 2.22. The Bertz CT molecular complexity index is 777. The van der Waals surface area contributed by atoms with E-state index in [4.69, 9.17) is 15.2 Å². The molecule has 5 nitrogen and oxygen atoms in total. The number of fused-ring (bicyclic) bond motifs is 1. The molecule has 0 spiro atoms. The van der Waals surface area contributed by atoms with Crippen molar-refractivity contribution in [2.45, 2.75) is 40.2 Å². The van der Waals surface area contributed by atoms with Gasteiger partial charge in [0.05, 0.1) is 5.56 Å². The summed E-state index contributed by atoms with van der Waals surface area (Å²) in [6.07, 6.45) is 1.83. The first-order valence-corrected chi connectivity index (χ1v) is 8.50. The van der Waals surface area contributed by atoms with Crippen LogP contribution in [0.3, 0.4) is 0 Å². The zero-order valence-electron chi connectivity index (χ0n) is 14.5. The van der Waals surface area contributed by atoms with Crippen LogP contribution in [0.25, 0.3) is 11.1 Å². The fourth-order valence-corrected chi connectivity index (χ4v) is 3.50. The minimum atomic E-state index is -0.387. The van der Waals surface area contributed by atoms with Crippen LogP contribution < -0.4 is 15.2 Å². The van der Waals surface area contributed by atoms with Gasteiger partial charge in [0.2, 0.25) is 0 Å². The molecule has 2 aromatic rings. The lowest BCUT2D eigenvalue weighted by Crippen LogP contribution is -2.15. The summed E-state index contributed by atoms with van der Waals surface area (Å²) in [6, 6.07) is 5.83. The van der Waals surface area contributed by atoms with Gasteiger partial charge in [-0.2, -0.15) is 0 Å². The lowest BCUT2D eigenvalue weighted by Gasteiger charge is -2.19. The number of carbonyl (C=O) groups is 1. The number of hydrogen-bond acceptors (Lipinski definition) is 3. The summed E-state index contributed by atoms with van der Waals surface area (Å²) >= 11 is 0. The molecule has 2 N–H and O–H groups in total. The lowest BCUT2D eigenvalue weighted by atomic mass is 9.98. The second kappa shape index (κ2) is 6.59. The van der Waals surface area contributed by atoms with Crippen molar-refractivity contribution in [3.8, 4) is 22.6 Å². The highest BCUT2D eigenvalue weighted by Crippen LogP contribution is 2.39. The van der Waals surface area contributed by atoms with Crippen molar-refractivity contribution in [1.82, 2.24) is 4.57 Å². The Morgan fingerprint density at radius 2 is 1.92 bits per heavy atom. The van der Waals surface area contributed by atoms with Crippen molar-refractivity contribution in [1.29, 1.82) is 0 Å². The van der Waals surface area contributed by atoms with Crippen molar-refractivity contribution >= 4 is 5.91 Å². The topological polar surface area (TPSA) is 66.5 Å². The van der Waals surface area contributed by atoms with Crippen LogP contribution in [0.15, 0.2) is 18.2 Å². The first-order chi connectivity index (χ1) is 11.6. The molecule has 0 unspecified atom stereocenters. The minimum absolute atomic E-state index is 0.387. The van der Waals surface area contributed by atoms with Crippen LogP contribution in [-0.2, 0) is 13.0 Å². The molecule has 1 aliphatic rings. The van der Waals surface area contributed by atoms with Gasteiger partial charge in [-0.3, -0.25) is 4.79 Å². The van der Waals surface area contributed by atoms with Gasteiger partial charge in [0.25, 0.3) is 5.91 Å². The van der Waals surface area contributed by atoms with Gasteiger partial charge in [-0.05, 0) is 37.5 Å². The van der Waals surface area contributed by atoms with E-state index in [1.165, 1.54) is 0 Å². The first kappa shape index (κ1) is 16.4. The molecule has 1 aromatic carbocycles. The molecule has 2 heterocycles. The minimum Gasteiger partial charge on any atom is -0.486 e. The molecule has 3 rings (SSSR count). The number of primary amides is 1. The normalized spacial score (nSPS) is 13.1. The van der Waals surface area contributed by atoms with Gasteiger partial charge >= 0.3 is 0 Å². The van der Waals surface area contributed by atoms with Crippen molar-refractivity contribution in [3.63, 3.8) is 0 Å². The van der Waals surface area contributed by atoms with Crippen molar-refractivity contribution in [2.75, 3.05) is 13.2 Å². The fraction of sp³-hybridized carbons (Fsp3) is 0.421. The summed E-state index contributed by atoms with van der Waals surface area (Å²) in [4.78, 5) is 12.1. The molecule has 0 saturated heterocycles. The zero-order chi connectivity index (χ0) is 17.3. The van der Waals surface area contributed by atoms with E-state index in [0.29, 0.717) is 18.8 Å². The number of nitrogens with two attached hydrogens (primary N) is 1. The maximum absolute atomic E-state index is 12.1. The van der Waals surface area contributed by atoms with E-state index in [0.717, 1.165) is 53.4 Å². The first-order valence-electron chi connectivity index (χ1n) is 8.50. The summed E-state index contributed by atoms with van der Waals surface area (Å²) in [5.74, 6) is 1.08. The average Bonchev–Trinajstić information content (AvgIpc) is 2.87. The van der Waals surface area contributed by atoms with Crippen LogP contribution in [0.4, 0.5) is 0 Å². The van der Waals surface area contributed by atoms with Crippen LogP contribution in [0, 0.1) is 6.92 Å². The summed E-state index contributed by atoms with van der Waals surface area (Å²) in [5.41, 5.74) is 10.3. The van der Waals surface area contributed by atoms with Crippen LogP contribution in [0.2, 0.25) is 0 Å². The molecular formula is C19H24N2O3. The maximum atomic E-state index is 12.1. The number of hydrogen-bond donors (Lipinski definition) is 1. The van der Waals surface area contributed by atoms with E-state index >= 15 is 0 Å². The molecule has 128 valence electrons. The number of carbonyl (C=O) groups excluding carboxylic acids is 1. The Kier molecular flexibility index (Phi) is 4.51. The molecule has 1 aliphatic heterocycles. The van der Waals surface area contributed by atoms with E-state index in [9.17, 15) is 4.79 Å². The van der Waals surface area contributed by atoms with Gasteiger partial charge in [-0.25, -0.2) is 0 Å². The quantitative estimate of drug-likeness (QED) is 0.915. The highest BCUT2D eigenvalue weighted by Gasteiger charge is 2.24. The van der Waals surface area contributed by atoms with Crippen molar-refractivity contribution in [3.05, 3.63) is 35.2 Å². The molecule has 1 aromatic heterocycles. The number of rotatable bonds is 5. The summed E-state index contributed by atoms with van der Waals surface area (Å²) < 4.78 is 13.5. The number of amides is 1. The smallest absolute Gasteiger partial charge is 0.251 e. The van der Waals surface area contributed by atoms with Crippen LogP contribution in [0.1, 0.15) is 42.0 Å². The Morgan fingerprint density at radius 1 is 1.21 bits per heavy atom. The molecule has 0 radical (unpaired) electrons. The standard InChI is InChI=1S/C19H24N2O3/c1-4-8-21-12(3)17(19(20)22)18(14(21)5-2)13-6-7-15-16(11-13)24-10-9-23-15/h6-7,11H,4-5,8-10H2,1-3H3,(H2,20,22). The highest BCUT2D eigenvalue weighted by molar-refractivity contribution is 6.02. The molecular weight excluding hydrogens is 304 g/mol. The molecule has 0 aliphatic carbocycles. The van der Waals surface area contributed by atoms with E-state index in [2.05, 4.69) is 18.4 Å². The van der Waals surface area contributed by atoms with Gasteiger partial charge in [-0.1, -0.05) is 19.9 Å². The summed E-state index contributed by atoms with van der Waals surface area (Å²) in [7, 11) is 0. The van der Waals surface area contributed by atoms with Crippen LogP contribution in [-0.4, -0.2) is 23.7 Å². The third-order valence-corrected chi connectivity index (χ3v) is 4.49. The summed E-state index contributed by atoms with van der Waals surface area (Å²) in [6.45, 7) is 8.18. The second-order valence-corrected chi connectivity index (χ2v) is 6.01. The third kappa shape index (κ3) is 2.64. The highest BCUT2D eigenvalue weighted by atomic mass is 16.6. The van der Waals surface area contributed by atoms with Gasteiger partial charge in [0.1, 0.15) is 13.2 Å². The number of ether oxygens (including phenoxy) is 2. The van der Waals surface area contributed by atoms with Gasteiger partial charge in [0, 0.05) is 23.5 Å². The molecule has 0 fully saturated rings. The van der Waals surface area contributed by atoms with E-state index < -0.39 is 0 Å². The van der Waals surface area contributed by atoms with E-state index in [1.54, 1.807) is 0 Å². The SMILES string of the molecule is CCCn1c(C)c(C(N)=O)c(-c2ccc3c(c2)OCCO3)c1CC. The fourth-order valence-electron chi connectivity index (χ4n) is 3.50. The summed E-state index contributed by atoms with van der Waals surface area (Å²) in [5, 5.41) is 0. The predicted molar refractivity (Wildman–Crippen MR) is 93.8 cm³/mol. The molecule has 1 amide bonds. The number of benzene rings is 1. The zero-order valence-corrected chi connectivity index (χ0v) is 14.5. The Hall–Kier alpha value is -2.43. The van der Waals surface area contributed by atoms with Gasteiger partial charge in [-0.15, -0.1) is 0 Å². The maximum Gasteiger partial charge on any atom is 0.251 e. The monoisotopic (exact) mass is 328 g/mol. The molecule has 0 saturated carbocycles. The van der Waals surface area contributed by atoms with Crippen LogP contribution >= 0.6 is 0 Å². The van der Waals surface area contributed by atoms with E-state index in [-0.39, 0.29) is 5.91 Å². The van der Waals surface area contributed by atoms with Crippen molar-refractivity contribution in [2.24, 2.45) is 5.73 Å². The Morgan fingerprint density at radius 3 is 2.54 bits per heavy atom. The molecule has 24 heavy (non-hydrogen) atoms. The number of aromatic nitrogens is 1. The molecule has 0 bridgehead atoms. The average molecular weight is 328 g/mol. The molecule has 0 atom stereocenters. The Labute approximate surface area is 142 Å². The van der Waals surface area contributed by atoms with Gasteiger partial charge < -0.3 is 19.8 Å². The van der Waals surface area contributed by atoms with E-state index in [1.807, 2.05) is 25.1 Å². The van der Waals surface area contributed by atoms with Gasteiger partial charge in [0.15, 0.2) is 11.5 Å². The van der Waals surface area contributed by atoms with Crippen LogP contribution in [0.5, 0.6) is 11.5 Å². The molecule has 5 heteroatoms. The lowest BCUT2D eigenvalue weighted by molar-refractivity contribution is 0.1000.